The maximum Gasteiger partial charge on any atom is 0.339 e. The molecule has 6 nitrogen and oxygen atoms in total. The number of hydrogen-bond acceptors (Lipinski definition) is 5. The van der Waals surface area contributed by atoms with Gasteiger partial charge in [0.2, 0.25) is 10.0 Å². The van der Waals surface area contributed by atoms with Gasteiger partial charge in [0.15, 0.2) is 0 Å². The maximum absolute atomic E-state index is 13.6. The summed E-state index contributed by atoms with van der Waals surface area (Å²) >= 11 is 0. The molecule has 1 aliphatic carbocycles. The van der Waals surface area contributed by atoms with Gasteiger partial charge in [-0.1, -0.05) is 0 Å². The number of sulfonamides is 1. The van der Waals surface area contributed by atoms with Crippen molar-refractivity contribution in [3.05, 3.63) is 29.6 Å². The minimum atomic E-state index is -3.95. The number of piperidine rings is 1. The summed E-state index contributed by atoms with van der Waals surface area (Å²) in [6.07, 6.45) is 3.95. The third-order valence-corrected chi connectivity index (χ3v) is 6.75. The van der Waals surface area contributed by atoms with E-state index in [2.05, 4.69) is 10.1 Å². The van der Waals surface area contributed by atoms with Crippen molar-refractivity contribution in [3.63, 3.8) is 0 Å². The van der Waals surface area contributed by atoms with Gasteiger partial charge in [0.25, 0.3) is 0 Å². The molecule has 3 rings (SSSR count). The molecule has 0 spiro atoms. The molecular weight excluding hydrogens is 347 g/mol. The minimum absolute atomic E-state index is 0.141. The Morgan fingerprint density at radius 2 is 1.96 bits per heavy atom. The van der Waals surface area contributed by atoms with Gasteiger partial charge in [0.05, 0.1) is 17.6 Å². The smallest absolute Gasteiger partial charge is 0.339 e. The van der Waals surface area contributed by atoms with Gasteiger partial charge in [-0.05, 0) is 56.3 Å². The van der Waals surface area contributed by atoms with Crippen molar-refractivity contribution in [2.24, 2.45) is 5.92 Å². The normalized spacial score (nSPS) is 19.8. The lowest BCUT2D eigenvalue weighted by molar-refractivity contribution is 0.0596. The highest BCUT2D eigenvalue weighted by atomic mass is 32.2. The number of nitrogens with one attached hydrogen (secondary N) is 1. The van der Waals surface area contributed by atoms with E-state index in [9.17, 15) is 17.6 Å². The van der Waals surface area contributed by atoms with Gasteiger partial charge in [0, 0.05) is 19.1 Å². The van der Waals surface area contributed by atoms with Crippen molar-refractivity contribution in [2.45, 2.75) is 36.6 Å². The van der Waals surface area contributed by atoms with Crippen molar-refractivity contribution in [1.82, 2.24) is 9.62 Å². The number of methoxy groups -OCH3 is 1. The molecule has 1 aliphatic heterocycles. The van der Waals surface area contributed by atoms with Gasteiger partial charge in [-0.25, -0.2) is 17.6 Å². The minimum Gasteiger partial charge on any atom is -0.465 e. The average molecular weight is 370 g/mol. The molecule has 0 bridgehead atoms. The van der Waals surface area contributed by atoms with E-state index < -0.39 is 21.8 Å². The highest BCUT2D eigenvalue weighted by Crippen LogP contribution is 2.29. The van der Waals surface area contributed by atoms with Gasteiger partial charge in [-0.15, -0.1) is 0 Å². The summed E-state index contributed by atoms with van der Waals surface area (Å²) in [5, 5.41) is 3.49. The Morgan fingerprint density at radius 1 is 1.28 bits per heavy atom. The van der Waals surface area contributed by atoms with Crippen molar-refractivity contribution in [2.75, 3.05) is 26.7 Å². The van der Waals surface area contributed by atoms with E-state index in [0.717, 1.165) is 30.7 Å². The van der Waals surface area contributed by atoms with Crippen LogP contribution in [0.5, 0.6) is 0 Å². The molecule has 0 atom stereocenters. The summed E-state index contributed by atoms with van der Waals surface area (Å²) in [6, 6.07) is 3.40. The van der Waals surface area contributed by atoms with Crippen LogP contribution in [0.15, 0.2) is 23.1 Å². The SMILES string of the molecule is COC(=O)c1ccc(F)cc1S(=O)(=O)N1CCC(NCC2CC2)CC1. The fourth-order valence-electron chi connectivity index (χ4n) is 3.08. The molecule has 0 amide bonds. The molecule has 25 heavy (non-hydrogen) atoms. The van der Waals surface area contributed by atoms with Crippen LogP contribution in [-0.4, -0.2) is 51.5 Å². The summed E-state index contributed by atoms with van der Waals surface area (Å²) in [4.78, 5) is 11.5. The van der Waals surface area contributed by atoms with Gasteiger partial charge in [0.1, 0.15) is 5.82 Å². The Labute approximate surface area is 147 Å². The number of ether oxygens (including phenoxy) is 1. The topological polar surface area (TPSA) is 75.7 Å². The Kier molecular flexibility index (Phi) is 5.41. The molecule has 2 fully saturated rings. The molecule has 1 heterocycles. The summed E-state index contributed by atoms with van der Waals surface area (Å²) < 4.78 is 45.3. The quantitative estimate of drug-likeness (QED) is 0.773. The second kappa shape index (κ2) is 7.39. The van der Waals surface area contributed by atoms with Crippen molar-refractivity contribution >= 4 is 16.0 Å². The monoisotopic (exact) mass is 370 g/mol. The van der Waals surface area contributed by atoms with E-state index in [-0.39, 0.29) is 10.5 Å². The lowest BCUT2D eigenvalue weighted by Gasteiger charge is -2.32. The number of carbonyl (C=O) groups excluding carboxylic acids is 1. The third kappa shape index (κ3) is 4.19. The number of hydrogen-bond donors (Lipinski definition) is 1. The molecule has 0 unspecified atom stereocenters. The Morgan fingerprint density at radius 3 is 2.56 bits per heavy atom. The molecule has 0 radical (unpaired) electrons. The van der Waals surface area contributed by atoms with Crippen LogP contribution in [0.4, 0.5) is 4.39 Å². The van der Waals surface area contributed by atoms with Crippen molar-refractivity contribution in [3.8, 4) is 0 Å². The molecule has 1 aromatic carbocycles. The van der Waals surface area contributed by atoms with Gasteiger partial charge < -0.3 is 10.1 Å². The lowest BCUT2D eigenvalue weighted by Crippen LogP contribution is -2.45. The number of carbonyl (C=O) groups is 1. The second-order valence-electron chi connectivity index (χ2n) is 6.66. The molecule has 138 valence electrons. The molecular formula is C17H23FN2O4S. The zero-order chi connectivity index (χ0) is 18.0. The van der Waals surface area contributed by atoms with Crippen molar-refractivity contribution in [1.29, 1.82) is 0 Å². The zero-order valence-electron chi connectivity index (χ0n) is 14.2. The zero-order valence-corrected chi connectivity index (χ0v) is 15.0. The molecule has 1 saturated carbocycles. The summed E-state index contributed by atoms with van der Waals surface area (Å²) in [6.45, 7) is 1.69. The Balaban J connectivity index is 1.73. The lowest BCUT2D eigenvalue weighted by atomic mass is 10.1. The average Bonchev–Trinajstić information content (AvgIpc) is 3.44. The fraction of sp³-hybridized carbons (Fsp3) is 0.588. The van der Waals surface area contributed by atoms with Crippen LogP contribution in [0.1, 0.15) is 36.0 Å². The van der Waals surface area contributed by atoms with E-state index in [1.54, 1.807) is 0 Å². The third-order valence-electron chi connectivity index (χ3n) is 4.81. The van der Waals surface area contributed by atoms with Crippen LogP contribution >= 0.6 is 0 Å². The summed E-state index contributed by atoms with van der Waals surface area (Å²) in [5.41, 5.74) is -0.141. The summed E-state index contributed by atoms with van der Waals surface area (Å²) in [5.74, 6) is -0.719. The van der Waals surface area contributed by atoms with Gasteiger partial charge in [-0.2, -0.15) is 4.31 Å². The number of benzene rings is 1. The van der Waals surface area contributed by atoms with Crippen LogP contribution in [0, 0.1) is 11.7 Å². The predicted octanol–water partition coefficient (Wildman–Crippen LogP) is 1.76. The Hall–Kier alpha value is -1.51. The predicted molar refractivity (Wildman–Crippen MR) is 90.2 cm³/mol. The maximum atomic E-state index is 13.6. The number of rotatable bonds is 6. The van der Waals surface area contributed by atoms with Gasteiger partial charge >= 0.3 is 5.97 Å². The first-order valence-corrected chi connectivity index (χ1v) is 9.97. The largest absolute Gasteiger partial charge is 0.465 e. The molecule has 0 aromatic heterocycles. The molecule has 1 saturated heterocycles. The van der Waals surface area contributed by atoms with E-state index in [1.807, 2.05) is 0 Å². The van der Waals surface area contributed by atoms with E-state index >= 15 is 0 Å². The van der Waals surface area contributed by atoms with Crippen LogP contribution in [0.2, 0.25) is 0 Å². The summed E-state index contributed by atoms with van der Waals surface area (Å²) in [7, 11) is -2.78. The van der Waals surface area contributed by atoms with Crippen LogP contribution in [0.3, 0.4) is 0 Å². The van der Waals surface area contributed by atoms with E-state index in [4.69, 9.17) is 0 Å². The first-order chi connectivity index (χ1) is 11.9. The second-order valence-corrected chi connectivity index (χ2v) is 8.57. The number of nitrogens with zero attached hydrogens (tertiary/aromatic N) is 1. The fourth-order valence-corrected chi connectivity index (χ4v) is 4.74. The van der Waals surface area contributed by atoms with E-state index in [0.29, 0.717) is 32.0 Å². The number of esters is 1. The van der Waals surface area contributed by atoms with Gasteiger partial charge in [-0.3, -0.25) is 0 Å². The first-order valence-electron chi connectivity index (χ1n) is 8.53. The standard InChI is InChI=1S/C17H23FN2O4S/c1-24-17(21)15-5-4-13(18)10-16(15)25(22,23)20-8-6-14(7-9-20)19-11-12-2-3-12/h4-5,10,12,14,19H,2-3,6-9,11H2,1H3. The van der Waals surface area contributed by atoms with Crippen LogP contribution in [0.25, 0.3) is 0 Å². The molecule has 8 heteroatoms. The Bertz CT molecular complexity index is 741. The van der Waals surface area contributed by atoms with Crippen LogP contribution in [-0.2, 0) is 14.8 Å². The first kappa shape index (κ1) is 18.3. The van der Waals surface area contributed by atoms with Crippen molar-refractivity contribution < 1.29 is 22.3 Å². The molecule has 1 N–H and O–H groups in total. The van der Waals surface area contributed by atoms with E-state index in [1.165, 1.54) is 24.3 Å². The molecule has 2 aliphatic rings. The molecule has 1 aromatic rings. The number of halogens is 1. The highest BCUT2D eigenvalue weighted by Gasteiger charge is 2.33. The van der Waals surface area contributed by atoms with Crippen LogP contribution < -0.4 is 5.32 Å². The highest BCUT2D eigenvalue weighted by molar-refractivity contribution is 7.89.